The number of unbranched alkanes of at least 4 members (excludes halogenated alkanes) is 13. The number of H-pyrrole nitrogens is 1. The fraction of sp³-hybridized carbons (Fsp3) is 0.642. The molecule has 4 rings (SSSR count). The summed E-state index contributed by atoms with van der Waals surface area (Å²) in [6.07, 6.45) is 11.2. The lowest BCUT2D eigenvalue weighted by Crippen LogP contribution is -2.62. The number of hydrogen-bond donors (Lipinski definition) is 18. The Hall–Kier alpha value is -10.1. The Labute approximate surface area is 672 Å². The molecule has 0 spiro atoms. The largest absolute Gasteiger partial charge is 0.480 e. The maximum atomic E-state index is 14.2. The average Bonchev–Trinajstić information content (AvgIpc) is 1.62. The fourth-order valence-electron chi connectivity index (χ4n) is 13.6. The van der Waals surface area contributed by atoms with Crippen molar-refractivity contribution >= 4 is 99.6 Å². The summed E-state index contributed by atoms with van der Waals surface area (Å²) < 4.78 is 0. The van der Waals surface area contributed by atoms with Crippen LogP contribution < -0.4 is 64.6 Å². The molecule has 115 heavy (non-hydrogen) atoms. The second-order valence-corrected chi connectivity index (χ2v) is 31.1. The molecular weight excluding hydrogens is 1490 g/mol. The molecule has 1 aliphatic rings. The standard InChI is InChI=1S/C81H126N14O20/c1-9-49(6)68(77(109)94-70(51(8)98)79(111)89-58(41-48(4)5)73(105)91-61(81(114)115)43-53-45-84-55-33-28-27-32-54(53)55)92-71(103)56(37-38-64(82)99)86-76(108)63-34-29-39-95(63)67(102)36-26-21-19-17-15-13-11-10-12-14-16-18-20-25-35-66(101)85-62(46-96)75(107)93-69(50(7)97)78(110)88-57(40-47(2)3)72(104)87-59(44-65(83)100)74(106)90-60(80(112)113)42-52-30-23-22-24-31-52/h22-24,27-28,30-33,45,47-51,56-63,68-70,84,96-98H,9-21,25-26,29,34-44,46H2,1-8H3,(H2,82,99)(H2,83,100)(H,85,101)(H,86,108)(H,87,104)(H,88,110)(H,89,111)(H,90,106)(H,91,105)(H,92,103)(H,93,107)(H,94,109)(H,112,113)(H,114,115)/t49-,50?,51+,56-,57-,58-,59-,60-,61-,62-,63-,68-,69-,70-/m0/s1. The minimum Gasteiger partial charge on any atom is -0.480 e. The molecule has 0 saturated carbocycles. The highest BCUT2D eigenvalue weighted by Crippen LogP contribution is 2.24. The van der Waals surface area contributed by atoms with Gasteiger partial charge in [-0.3, -0.25) is 62.3 Å². The van der Waals surface area contributed by atoms with Gasteiger partial charge in [-0.25, -0.2) is 9.59 Å². The van der Waals surface area contributed by atoms with Crippen molar-refractivity contribution in [2.45, 2.75) is 301 Å². The molecule has 0 aliphatic carbocycles. The molecule has 34 heteroatoms. The van der Waals surface area contributed by atoms with Gasteiger partial charge in [0, 0.05) is 55.7 Å². The predicted molar refractivity (Wildman–Crippen MR) is 426 cm³/mol. The number of carbonyl (C=O) groups is 15. The quantitative estimate of drug-likeness (QED) is 0.0360. The van der Waals surface area contributed by atoms with Crippen molar-refractivity contribution in [3.63, 3.8) is 0 Å². The molecule has 1 aromatic heterocycles. The van der Waals surface area contributed by atoms with Crippen molar-refractivity contribution < 1.29 is 97.5 Å². The molecule has 2 heterocycles. The van der Waals surface area contributed by atoms with Crippen LogP contribution in [0, 0.1) is 17.8 Å². The number of aromatic nitrogens is 1. The predicted octanol–water partition coefficient (Wildman–Crippen LogP) is 2.24. The number of hydrogen-bond acceptors (Lipinski definition) is 18. The fourth-order valence-corrected chi connectivity index (χ4v) is 13.6. The molecule has 2 aromatic carbocycles. The van der Waals surface area contributed by atoms with Gasteiger partial charge in [-0.2, -0.15) is 0 Å². The molecule has 14 atom stereocenters. The zero-order valence-electron chi connectivity index (χ0n) is 67.8. The Balaban J connectivity index is 1.15. The van der Waals surface area contributed by atoms with Gasteiger partial charge in [0.1, 0.15) is 66.5 Å². The number of fused-ring (bicyclic) bond motifs is 1. The van der Waals surface area contributed by atoms with Crippen LogP contribution in [-0.2, 0) is 84.8 Å². The van der Waals surface area contributed by atoms with Crippen molar-refractivity contribution in [1.82, 2.24) is 63.1 Å². The normalized spacial score (nSPS) is 16.1. The van der Waals surface area contributed by atoms with Gasteiger partial charge in [0.15, 0.2) is 0 Å². The summed E-state index contributed by atoms with van der Waals surface area (Å²) in [7, 11) is 0. The average molecular weight is 1620 g/mol. The van der Waals surface area contributed by atoms with Crippen LogP contribution >= 0.6 is 0 Å². The van der Waals surface area contributed by atoms with Crippen LogP contribution in [0.4, 0.5) is 0 Å². The van der Waals surface area contributed by atoms with E-state index in [0.717, 1.165) is 88.0 Å². The third kappa shape index (κ3) is 34.9. The van der Waals surface area contributed by atoms with E-state index in [9.17, 15) is 97.5 Å². The molecule has 1 saturated heterocycles. The molecule has 13 amide bonds. The van der Waals surface area contributed by atoms with Crippen molar-refractivity contribution in [3.05, 3.63) is 71.9 Å². The minimum atomic E-state index is -1.69. The second-order valence-electron chi connectivity index (χ2n) is 31.1. The lowest BCUT2D eigenvalue weighted by Gasteiger charge is -2.30. The highest BCUT2D eigenvalue weighted by Gasteiger charge is 2.41. The SMILES string of the molecule is CC[C@H](C)[C@H](NC(=O)[C@H](CCC(N)=O)NC(=O)[C@@H]1CCCN1C(=O)CCCCCCCCCCCCCCCCC(=O)N[C@@H](CO)C(=O)N[C@H](C(=O)N[C@@H](CC(C)C)C(=O)N[C@@H](CC(N)=O)C(=O)N[C@@H](Cc1ccccc1)C(=O)O)C(C)O)C(=O)N[C@H](C(=O)N[C@@H](CC(C)C)C(=O)N[C@@H](Cc1c[nH]c2ccccc12)C(=O)O)[C@@H](C)O. The Bertz CT molecular complexity index is 3690. The van der Waals surface area contributed by atoms with E-state index in [-0.39, 0.29) is 69.1 Å². The zero-order chi connectivity index (χ0) is 85.4. The van der Waals surface area contributed by atoms with Gasteiger partial charge in [-0.15, -0.1) is 0 Å². The summed E-state index contributed by atoms with van der Waals surface area (Å²) in [5, 5.41) is 77.4. The number of nitrogens with zero attached hydrogens (tertiary/aromatic N) is 1. The first-order chi connectivity index (χ1) is 54.5. The van der Waals surface area contributed by atoms with Crippen molar-refractivity contribution in [2.75, 3.05) is 13.2 Å². The van der Waals surface area contributed by atoms with Crippen molar-refractivity contribution in [3.8, 4) is 0 Å². The number of benzene rings is 2. The molecular formula is C81H126N14O20. The Kier molecular flexibility index (Phi) is 43.1. The number of aromatic amines is 1. The maximum absolute atomic E-state index is 14.2. The molecule has 0 bridgehead atoms. The van der Waals surface area contributed by atoms with Gasteiger partial charge in [0.2, 0.25) is 76.8 Å². The Morgan fingerprint density at radius 3 is 1.39 bits per heavy atom. The minimum absolute atomic E-state index is 0.0314. The third-order valence-corrected chi connectivity index (χ3v) is 20.3. The van der Waals surface area contributed by atoms with Gasteiger partial charge in [-0.1, -0.05) is 174 Å². The van der Waals surface area contributed by atoms with Crippen LogP contribution in [0.5, 0.6) is 0 Å². The van der Waals surface area contributed by atoms with Crippen LogP contribution in [0.3, 0.4) is 0 Å². The lowest BCUT2D eigenvalue weighted by molar-refractivity contribution is -0.143. The van der Waals surface area contributed by atoms with Gasteiger partial charge >= 0.3 is 11.9 Å². The Morgan fingerprint density at radius 2 is 0.904 bits per heavy atom. The number of aliphatic hydroxyl groups excluding tert-OH is 3. The number of primary amides is 2. The van der Waals surface area contributed by atoms with Crippen molar-refractivity contribution in [1.29, 1.82) is 0 Å². The smallest absolute Gasteiger partial charge is 0.326 e. The number of carbonyl (C=O) groups excluding carboxylic acids is 13. The summed E-state index contributed by atoms with van der Waals surface area (Å²) >= 11 is 0. The summed E-state index contributed by atoms with van der Waals surface area (Å²) in [6.45, 7) is 12.4. The number of carboxylic acid groups (broad SMARTS) is 2. The van der Waals surface area contributed by atoms with Gasteiger partial charge in [-0.05, 0) is 93.7 Å². The van der Waals surface area contributed by atoms with Crippen molar-refractivity contribution in [2.24, 2.45) is 29.2 Å². The number of para-hydroxylation sites is 1. The molecule has 0 radical (unpaired) electrons. The first-order valence-electron chi connectivity index (χ1n) is 40.5. The molecule has 20 N–H and O–H groups in total. The topological polar surface area (TPSA) is 549 Å². The Morgan fingerprint density at radius 1 is 0.470 bits per heavy atom. The number of aliphatic carboxylic acids is 2. The number of nitrogens with one attached hydrogen (secondary N) is 11. The summed E-state index contributed by atoms with van der Waals surface area (Å²) in [4.78, 5) is 204. The highest BCUT2D eigenvalue weighted by atomic mass is 16.4. The summed E-state index contributed by atoms with van der Waals surface area (Å²) in [5.74, 6) is -14.4. The third-order valence-electron chi connectivity index (χ3n) is 20.3. The van der Waals surface area contributed by atoms with Crippen LogP contribution in [0.15, 0.2) is 60.8 Å². The van der Waals surface area contributed by atoms with E-state index in [4.69, 9.17) is 11.5 Å². The van der Waals surface area contributed by atoms with E-state index in [1.165, 1.54) is 18.7 Å². The van der Waals surface area contributed by atoms with Gasteiger partial charge < -0.3 is 100 Å². The van der Waals surface area contributed by atoms with E-state index in [2.05, 4.69) is 58.2 Å². The summed E-state index contributed by atoms with van der Waals surface area (Å²) in [5.41, 5.74) is 12.9. The second kappa shape index (κ2) is 51.0. The first-order valence-corrected chi connectivity index (χ1v) is 40.5. The molecule has 1 fully saturated rings. The highest BCUT2D eigenvalue weighted by molar-refractivity contribution is 6.00. The number of aliphatic hydroxyl groups is 3. The number of carboxylic acids is 2. The number of rotatable bonds is 56. The van der Waals surface area contributed by atoms with Crippen LogP contribution in [0.25, 0.3) is 10.9 Å². The molecule has 1 unspecified atom stereocenters. The monoisotopic (exact) mass is 1610 g/mol. The first kappa shape index (κ1) is 97.3. The summed E-state index contributed by atoms with van der Waals surface area (Å²) in [6, 6.07) is -0.0269. The molecule has 640 valence electrons. The van der Waals surface area contributed by atoms with E-state index in [0.29, 0.717) is 49.8 Å². The number of likely N-dealkylation sites (tertiary alicyclic amines) is 1. The molecule has 1 aliphatic heterocycles. The zero-order valence-corrected chi connectivity index (χ0v) is 67.8. The van der Waals surface area contributed by atoms with E-state index in [1.54, 1.807) is 84.1 Å². The number of amides is 13. The van der Waals surface area contributed by atoms with Gasteiger partial charge in [0.25, 0.3) is 0 Å². The van der Waals surface area contributed by atoms with E-state index < -0.39 is 180 Å². The molecule has 3 aromatic rings. The van der Waals surface area contributed by atoms with Crippen LogP contribution in [0.1, 0.15) is 221 Å². The van der Waals surface area contributed by atoms with Gasteiger partial charge in [0.05, 0.1) is 25.2 Å². The lowest BCUT2D eigenvalue weighted by atomic mass is 9.96. The van der Waals surface area contributed by atoms with Crippen LogP contribution in [0.2, 0.25) is 0 Å². The van der Waals surface area contributed by atoms with E-state index >= 15 is 0 Å². The number of nitrogens with two attached hydrogens (primary N) is 2. The van der Waals surface area contributed by atoms with E-state index in [1.807, 2.05) is 18.2 Å². The van der Waals surface area contributed by atoms with Crippen LogP contribution in [-0.4, -0.2) is 216 Å². The molecule has 34 nitrogen and oxygen atoms in total. The maximum Gasteiger partial charge on any atom is 0.326 e.